The van der Waals surface area contributed by atoms with Crippen LogP contribution in [0.1, 0.15) is 46.4 Å². The van der Waals surface area contributed by atoms with E-state index >= 15 is 0 Å². The van der Waals surface area contributed by atoms with Crippen LogP contribution in [0.2, 0.25) is 0 Å². The topological polar surface area (TPSA) is 49.4 Å². The van der Waals surface area contributed by atoms with Gasteiger partial charge in [0.1, 0.15) is 5.82 Å². The molecule has 0 aromatic heterocycles. The number of fused-ring (bicyclic) bond motifs is 2. The summed E-state index contributed by atoms with van der Waals surface area (Å²) in [6.45, 7) is 2.21. The van der Waals surface area contributed by atoms with Crippen LogP contribution in [0.4, 0.5) is 10.1 Å². The van der Waals surface area contributed by atoms with Crippen LogP contribution in [0.5, 0.6) is 0 Å². The Morgan fingerprint density at radius 2 is 1.96 bits per heavy atom. The quantitative estimate of drug-likeness (QED) is 0.914. The van der Waals surface area contributed by atoms with E-state index in [-0.39, 0.29) is 23.7 Å². The van der Waals surface area contributed by atoms with E-state index in [2.05, 4.69) is 5.32 Å². The number of amides is 2. The van der Waals surface area contributed by atoms with E-state index in [4.69, 9.17) is 0 Å². The number of carbonyl (C=O) groups excluding carboxylic acids is 2. The molecular formula is C20H19FN2O2. The van der Waals surface area contributed by atoms with Crippen LogP contribution >= 0.6 is 0 Å². The number of carbonyl (C=O) groups is 2. The molecule has 0 saturated heterocycles. The lowest BCUT2D eigenvalue weighted by molar-refractivity contribution is -0.116. The number of rotatable bonds is 2. The Kier molecular flexibility index (Phi) is 3.79. The summed E-state index contributed by atoms with van der Waals surface area (Å²) in [5.41, 5.74) is 4.45. The molecule has 0 bridgehead atoms. The molecule has 2 aliphatic rings. The number of hydrogen-bond acceptors (Lipinski definition) is 2. The minimum Gasteiger partial charge on any atom is -0.345 e. The SMILES string of the molecule is CC(=O)N1CCc2cc(C(=O)N[C@@H]3CCc4ccc(F)cc43)ccc21. The second-order valence-electron chi connectivity index (χ2n) is 6.67. The van der Waals surface area contributed by atoms with E-state index in [0.717, 1.165) is 41.6 Å². The number of nitrogens with one attached hydrogen (secondary N) is 1. The standard InChI is InChI=1S/C20H19FN2O2/c1-12(24)23-9-8-14-10-15(4-7-19(14)23)20(25)22-18-6-3-13-2-5-16(21)11-17(13)18/h2,4-5,7,10-11,18H,3,6,8-9H2,1H3,(H,22,25)/t18-/m1/s1. The Balaban J connectivity index is 1.54. The minimum absolute atomic E-state index is 0.0144. The summed E-state index contributed by atoms with van der Waals surface area (Å²) in [6, 6.07) is 10.1. The average Bonchev–Trinajstić information content (AvgIpc) is 3.18. The zero-order chi connectivity index (χ0) is 17.6. The highest BCUT2D eigenvalue weighted by atomic mass is 19.1. The van der Waals surface area contributed by atoms with Gasteiger partial charge in [-0.05, 0) is 66.3 Å². The van der Waals surface area contributed by atoms with E-state index in [0.29, 0.717) is 12.1 Å². The van der Waals surface area contributed by atoms with Crippen molar-refractivity contribution in [2.45, 2.75) is 32.2 Å². The van der Waals surface area contributed by atoms with Gasteiger partial charge in [-0.1, -0.05) is 6.07 Å². The van der Waals surface area contributed by atoms with Gasteiger partial charge >= 0.3 is 0 Å². The highest BCUT2D eigenvalue weighted by Gasteiger charge is 2.26. The average molecular weight is 338 g/mol. The Morgan fingerprint density at radius 3 is 2.76 bits per heavy atom. The van der Waals surface area contributed by atoms with Crippen molar-refractivity contribution in [1.29, 1.82) is 0 Å². The smallest absolute Gasteiger partial charge is 0.251 e. The molecule has 2 amide bonds. The first-order valence-electron chi connectivity index (χ1n) is 8.53. The maximum atomic E-state index is 13.5. The Morgan fingerprint density at radius 1 is 1.12 bits per heavy atom. The zero-order valence-electron chi connectivity index (χ0n) is 14.0. The molecule has 1 heterocycles. The largest absolute Gasteiger partial charge is 0.345 e. The molecule has 25 heavy (non-hydrogen) atoms. The van der Waals surface area contributed by atoms with Crippen molar-refractivity contribution < 1.29 is 14.0 Å². The number of benzene rings is 2. The maximum Gasteiger partial charge on any atom is 0.251 e. The Bertz CT molecular complexity index is 878. The normalized spacial score (nSPS) is 18.0. The van der Waals surface area contributed by atoms with Gasteiger partial charge in [0.25, 0.3) is 5.91 Å². The predicted octanol–water partition coefficient (Wildman–Crippen LogP) is 3.15. The summed E-state index contributed by atoms with van der Waals surface area (Å²) < 4.78 is 13.5. The van der Waals surface area contributed by atoms with Gasteiger partial charge in [0.05, 0.1) is 6.04 Å². The summed E-state index contributed by atoms with van der Waals surface area (Å²) in [5.74, 6) is -0.423. The predicted molar refractivity (Wildman–Crippen MR) is 93.1 cm³/mol. The lowest BCUT2D eigenvalue weighted by atomic mass is 10.1. The minimum atomic E-state index is -0.276. The maximum absolute atomic E-state index is 13.5. The van der Waals surface area contributed by atoms with Crippen LogP contribution in [-0.4, -0.2) is 18.4 Å². The van der Waals surface area contributed by atoms with Crippen LogP contribution in [0.3, 0.4) is 0 Å². The number of nitrogens with zero attached hydrogens (tertiary/aromatic N) is 1. The molecule has 4 rings (SSSR count). The molecular weight excluding hydrogens is 319 g/mol. The molecule has 2 aromatic carbocycles. The fourth-order valence-corrected chi connectivity index (χ4v) is 3.83. The molecule has 128 valence electrons. The highest BCUT2D eigenvalue weighted by molar-refractivity contribution is 5.98. The fraction of sp³-hybridized carbons (Fsp3) is 0.300. The summed E-state index contributed by atoms with van der Waals surface area (Å²) in [4.78, 5) is 26.0. The second kappa shape index (κ2) is 5.99. The van der Waals surface area contributed by atoms with Crippen LogP contribution in [0.25, 0.3) is 0 Å². The molecule has 0 radical (unpaired) electrons. The van der Waals surface area contributed by atoms with Gasteiger partial charge < -0.3 is 10.2 Å². The van der Waals surface area contributed by atoms with E-state index in [9.17, 15) is 14.0 Å². The Hall–Kier alpha value is -2.69. The molecule has 0 saturated carbocycles. The summed E-state index contributed by atoms with van der Waals surface area (Å²) in [7, 11) is 0. The highest BCUT2D eigenvalue weighted by Crippen LogP contribution is 2.33. The van der Waals surface area contributed by atoms with Gasteiger partial charge in [-0.25, -0.2) is 4.39 Å². The Labute approximate surface area is 145 Å². The monoisotopic (exact) mass is 338 g/mol. The molecule has 1 atom stereocenters. The van der Waals surface area contributed by atoms with Crippen LogP contribution < -0.4 is 10.2 Å². The lowest BCUT2D eigenvalue weighted by Crippen LogP contribution is -2.27. The first kappa shape index (κ1) is 15.8. The second-order valence-corrected chi connectivity index (χ2v) is 6.67. The van der Waals surface area contributed by atoms with Gasteiger partial charge in [0.2, 0.25) is 5.91 Å². The van der Waals surface area contributed by atoms with Crippen molar-refractivity contribution >= 4 is 17.5 Å². The van der Waals surface area contributed by atoms with Gasteiger partial charge in [0.15, 0.2) is 0 Å². The molecule has 1 N–H and O–H groups in total. The van der Waals surface area contributed by atoms with Gasteiger partial charge in [0, 0.05) is 24.7 Å². The number of anilines is 1. The third-order valence-corrected chi connectivity index (χ3v) is 5.11. The van der Waals surface area contributed by atoms with Crippen molar-refractivity contribution in [3.63, 3.8) is 0 Å². The third kappa shape index (κ3) is 2.80. The van der Waals surface area contributed by atoms with Gasteiger partial charge in [-0.15, -0.1) is 0 Å². The summed E-state index contributed by atoms with van der Waals surface area (Å²) in [6.07, 6.45) is 2.39. The molecule has 0 fully saturated rings. The van der Waals surface area contributed by atoms with Crippen LogP contribution in [0.15, 0.2) is 36.4 Å². The lowest BCUT2D eigenvalue weighted by Gasteiger charge is -2.16. The third-order valence-electron chi connectivity index (χ3n) is 5.11. The molecule has 1 aliphatic carbocycles. The molecule has 0 unspecified atom stereocenters. The van der Waals surface area contributed by atoms with Crippen LogP contribution in [-0.2, 0) is 17.6 Å². The zero-order valence-corrected chi connectivity index (χ0v) is 14.0. The van der Waals surface area contributed by atoms with E-state index in [1.807, 2.05) is 12.1 Å². The number of halogens is 1. The molecule has 2 aromatic rings. The first-order chi connectivity index (χ1) is 12.0. The van der Waals surface area contributed by atoms with Crippen molar-refractivity contribution in [1.82, 2.24) is 5.32 Å². The molecule has 5 heteroatoms. The van der Waals surface area contributed by atoms with E-state index in [1.54, 1.807) is 24.0 Å². The number of hydrogen-bond donors (Lipinski definition) is 1. The summed E-state index contributed by atoms with van der Waals surface area (Å²) >= 11 is 0. The van der Waals surface area contributed by atoms with Crippen molar-refractivity contribution in [3.05, 3.63) is 64.5 Å². The molecule has 4 nitrogen and oxygen atoms in total. The first-order valence-corrected chi connectivity index (χ1v) is 8.53. The van der Waals surface area contributed by atoms with Gasteiger partial charge in [-0.2, -0.15) is 0 Å². The number of aryl methyl sites for hydroxylation is 1. The van der Waals surface area contributed by atoms with Crippen molar-refractivity contribution in [2.24, 2.45) is 0 Å². The van der Waals surface area contributed by atoms with Crippen molar-refractivity contribution in [3.8, 4) is 0 Å². The summed E-state index contributed by atoms with van der Waals surface area (Å²) in [5, 5.41) is 3.02. The van der Waals surface area contributed by atoms with E-state index in [1.165, 1.54) is 12.1 Å². The van der Waals surface area contributed by atoms with Crippen molar-refractivity contribution in [2.75, 3.05) is 11.4 Å². The van der Waals surface area contributed by atoms with E-state index < -0.39 is 0 Å². The molecule has 0 spiro atoms. The fourth-order valence-electron chi connectivity index (χ4n) is 3.83. The molecule has 1 aliphatic heterocycles. The van der Waals surface area contributed by atoms with Gasteiger partial charge in [-0.3, -0.25) is 9.59 Å². The van der Waals surface area contributed by atoms with Crippen LogP contribution in [0, 0.1) is 5.82 Å².